The maximum atomic E-state index is 14.1. The molecule has 2 unspecified atom stereocenters. The highest BCUT2D eigenvalue weighted by atomic mass is 35.5. The maximum absolute atomic E-state index is 14.1. The van der Waals surface area contributed by atoms with Crippen molar-refractivity contribution < 1.29 is 14.7 Å². The predicted molar refractivity (Wildman–Crippen MR) is 159 cm³/mol. The Labute approximate surface area is 244 Å². The number of thioether (sulfide) groups is 1. The van der Waals surface area contributed by atoms with Gasteiger partial charge in [-0.1, -0.05) is 60.6 Å². The van der Waals surface area contributed by atoms with Gasteiger partial charge >= 0.3 is 5.97 Å². The first-order valence-electron chi connectivity index (χ1n) is 13.3. The van der Waals surface area contributed by atoms with Gasteiger partial charge in [0.05, 0.1) is 16.8 Å². The molecule has 10 heteroatoms. The second kappa shape index (κ2) is 10.7. The molecule has 1 amide bonds. The molecule has 0 radical (unpaired) electrons. The number of fused-ring (bicyclic) bond motifs is 4. The summed E-state index contributed by atoms with van der Waals surface area (Å²) in [5, 5.41) is 11.5. The quantitative estimate of drug-likeness (QED) is 0.237. The van der Waals surface area contributed by atoms with Crippen LogP contribution in [0.1, 0.15) is 40.5 Å². The summed E-state index contributed by atoms with van der Waals surface area (Å²) >= 11 is 9.17. The van der Waals surface area contributed by atoms with Crippen LogP contribution in [0.3, 0.4) is 0 Å². The number of halogens is 1. The highest BCUT2D eigenvalue weighted by Crippen LogP contribution is 2.37. The van der Waals surface area contributed by atoms with E-state index in [1.807, 2.05) is 43.3 Å². The average Bonchev–Trinajstić information content (AvgIpc) is 3.30. The van der Waals surface area contributed by atoms with Crippen LogP contribution in [0.4, 0.5) is 0 Å². The van der Waals surface area contributed by atoms with Crippen LogP contribution in [0.2, 0.25) is 5.02 Å². The van der Waals surface area contributed by atoms with Gasteiger partial charge in [0.2, 0.25) is 5.91 Å². The topological polar surface area (TPSA) is 92.5 Å². The molecule has 0 spiro atoms. The summed E-state index contributed by atoms with van der Waals surface area (Å²) in [6.45, 7) is 4.36. The molecule has 40 heavy (non-hydrogen) atoms. The number of carboxylic acids is 1. The van der Waals surface area contributed by atoms with Gasteiger partial charge in [0, 0.05) is 22.9 Å². The summed E-state index contributed by atoms with van der Waals surface area (Å²) in [6.07, 6.45) is 3.07. The Balaban J connectivity index is 1.39. The Hall–Kier alpha value is -3.14. The Morgan fingerprint density at radius 2 is 1.95 bits per heavy atom. The number of aryl methyl sites for hydroxylation is 2. The number of carbonyl (C=O) groups is 2. The van der Waals surface area contributed by atoms with E-state index in [9.17, 15) is 19.5 Å². The Morgan fingerprint density at radius 3 is 2.70 bits per heavy atom. The maximum Gasteiger partial charge on any atom is 0.326 e. The summed E-state index contributed by atoms with van der Waals surface area (Å²) in [7, 11) is 0. The van der Waals surface area contributed by atoms with E-state index in [4.69, 9.17) is 16.6 Å². The zero-order valence-electron chi connectivity index (χ0n) is 22.1. The van der Waals surface area contributed by atoms with Crippen LogP contribution < -0.4 is 5.56 Å². The molecule has 3 heterocycles. The molecule has 2 aromatic carbocycles. The Kier molecular flexibility index (Phi) is 7.23. The third-order valence-electron chi connectivity index (χ3n) is 7.89. The lowest BCUT2D eigenvalue weighted by atomic mass is 9.89. The zero-order chi connectivity index (χ0) is 28.1. The summed E-state index contributed by atoms with van der Waals surface area (Å²) in [5.74, 6) is -0.834. The summed E-state index contributed by atoms with van der Waals surface area (Å²) in [6, 6.07) is 12.1. The van der Waals surface area contributed by atoms with E-state index in [0.29, 0.717) is 32.0 Å². The van der Waals surface area contributed by atoms with Crippen LogP contribution in [0.15, 0.2) is 52.4 Å². The van der Waals surface area contributed by atoms with Crippen LogP contribution in [-0.4, -0.2) is 43.2 Å². The molecule has 0 bridgehead atoms. The van der Waals surface area contributed by atoms with E-state index in [0.717, 1.165) is 53.3 Å². The molecule has 7 nitrogen and oxygen atoms in total. The first-order valence-corrected chi connectivity index (χ1v) is 15.4. The van der Waals surface area contributed by atoms with Crippen LogP contribution in [0.5, 0.6) is 0 Å². The molecule has 2 aromatic heterocycles. The minimum atomic E-state index is -1.03. The third-order valence-corrected chi connectivity index (χ3v) is 10.4. The number of rotatable bonds is 5. The SMILES string of the molecule is Cc1ccc(-n2c(SCC(=O)N3Cc4ccccc4CC3C(=O)O)nc3sc4c(c3c2=O)CCC(C)C4)cc1Cl. The Morgan fingerprint density at radius 1 is 1.18 bits per heavy atom. The van der Waals surface area contributed by atoms with E-state index in [-0.39, 0.29) is 30.2 Å². The number of carbonyl (C=O) groups excluding carboxylic acids is 1. The molecule has 2 atom stereocenters. The smallest absolute Gasteiger partial charge is 0.326 e. The lowest BCUT2D eigenvalue weighted by Gasteiger charge is -2.34. The first kappa shape index (κ1) is 27.1. The van der Waals surface area contributed by atoms with Gasteiger partial charge in [0.25, 0.3) is 5.56 Å². The molecule has 206 valence electrons. The molecular formula is C30H28ClN3O4S2. The van der Waals surface area contributed by atoms with Crippen molar-refractivity contribution in [1.29, 1.82) is 0 Å². The second-order valence-electron chi connectivity index (χ2n) is 10.6. The second-order valence-corrected chi connectivity index (χ2v) is 13.1. The highest BCUT2D eigenvalue weighted by Gasteiger charge is 2.34. The fraction of sp³-hybridized carbons (Fsp3) is 0.333. The van der Waals surface area contributed by atoms with Crippen LogP contribution >= 0.6 is 34.7 Å². The Bertz CT molecular complexity index is 1730. The van der Waals surface area contributed by atoms with Gasteiger partial charge in [-0.05, 0) is 66.5 Å². The predicted octanol–water partition coefficient (Wildman–Crippen LogP) is 5.66. The standard InChI is InChI=1S/C30H28ClN3O4S2/c1-16-7-10-21-24(11-16)40-27-26(21)28(36)34(20-9-8-17(2)22(31)13-20)30(32-27)39-15-25(35)33-14-19-6-4-3-5-18(19)12-23(33)29(37)38/h3-6,8-9,13,16,23H,7,10-12,14-15H2,1-2H3,(H,37,38). The van der Waals surface area contributed by atoms with Crippen molar-refractivity contribution in [2.75, 3.05) is 5.75 Å². The monoisotopic (exact) mass is 593 g/mol. The zero-order valence-corrected chi connectivity index (χ0v) is 24.5. The van der Waals surface area contributed by atoms with Gasteiger partial charge in [0.1, 0.15) is 10.9 Å². The molecule has 1 aliphatic heterocycles. The summed E-state index contributed by atoms with van der Waals surface area (Å²) in [4.78, 5) is 47.9. The van der Waals surface area contributed by atoms with E-state index in [1.165, 1.54) is 9.78 Å². The fourth-order valence-electron chi connectivity index (χ4n) is 5.63. The van der Waals surface area contributed by atoms with Crippen molar-refractivity contribution in [2.45, 2.75) is 57.3 Å². The number of hydrogen-bond acceptors (Lipinski definition) is 6. The lowest BCUT2D eigenvalue weighted by Crippen LogP contribution is -2.49. The molecule has 0 saturated heterocycles. The van der Waals surface area contributed by atoms with Crippen molar-refractivity contribution in [1.82, 2.24) is 14.5 Å². The van der Waals surface area contributed by atoms with Gasteiger partial charge < -0.3 is 10.0 Å². The normalized spacial score (nSPS) is 18.4. The summed E-state index contributed by atoms with van der Waals surface area (Å²) in [5.41, 5.74) is 4.30. The van der Waals surface area contributed by atoms with Crippen LogP contribution in [0, 0.1) is 12.8 Å². The van der Waals surface area contributed by atoms with Crippen molar-refractivity contribution >= 4 is 56.8 Å². The van der Waals surface area contributed by atoms with Crippen molar-refractivity contribution in [3.05, 3.63) is 85.0 Å². The number of thiophene rings is 1. The number of aliphatic carboxylic acids is 1. The highest BCUT2D eigenvalue weighted by molar-refractivity contribution is 7.99. The largest absolute Gasteiger partial charge is 0.480 e. The minimum Gasteiger partial charge on any atom is -0.480 e. The fourth-order valence-corrected chi connectivity index (χ4v) is 8.13. The average molecular weight is 594 g/mol. The van der Waals surface area contributed by atoms with Gasteiger partial charge in [0.15, 0.2) is 5.16 Å². The third kappa shape index (κ3) is 4.84. The molecular weight excluding hydrogens is 566 g/mol. The number of hydrogen-bond donors (Lipinski definition) is 1. The van der Waals surface area contributed by atoms with E-state index in [2.05, 4.69) is 6.92 Å². The molecule has 2 aliphatic rings. The molecule has 0 saturated carbocycles. The minimum absolute atomic E-state index is 0.0500. The molecule has 0 fully saturated rings. The lowest BCUT2D eigenvalue weighted by molar-refractivity contribution is -0.150. The first-order chi connectivity index (χ1) is 19.2. The molecule has 6 rings (SSSR count). The molecule has 4 aromatic rings. The van der Waals surface area contributed by atoms with E-state index in [1.54, 1.807) is 22.0 Å². The van der Waals surface area contributed by atoms with E-state index < -0.39 is 12.0 Å². The van der Waals surface area contributed by atoms with Crippen molar-refractivity contribution in [3.63, 3.8) is 0 Å². The van der Waals surface area contributed by atoms with Gasteiger partial charge in [-0.2, -0.15) is 0 Å². The summed E-state index contributed by atoms with van der Waals surface area (Å²) < 4.78 is 1.55. The van der Waals surface area contributed by atoms with Crippen LogP contribution in [-0.2, 0) is 35.4 Å². The van der Waals surface area contributed by atoms with Gasteiger partial charge in [-0.25, -0.2) is 9.78 Å². The number of amides is 1. The number of benzene rings is 2. The van der Waals surface area contributed by atoms with Crippen LogP contribution in [0.25, 0.3) is 15.9 Å². The van der Waals surface area contributed by atoms with Crippen molar-refractivity contribution in [3.8, 4) is 5.69 Å². The van der Waals surface area contributed by atoms with Gasteiger partial charge in [-0.15, -0.1) is 11.3 Å². The molecule has 1 aliphatic carbocycles. The number of aromatic nitrogens is 2. The van der Waals surface area contributed by atoms with Crippen molar-refractivity contribution in [2.24, 2.45) is 5.92 Å². The molecule has 1 N–H and O–H groups in total. The number of nitrogens with zero attached hydrogens (tertiary/aromatic N) is 3. The van der Waals surface area contributed by atoms with Gasteiger partial charge in [-0.3, -0.25) is 14.2 Å². The number of carboxylic acid groups (broad SMARTS) is 1. The van der Waals surface area contributed by atoms with E-state index >= 15 is 0 Å².